The van der Waals surface area contributed by atoms with Crippen LogP contribution in [0.2, 0.25) is 0 Å². The van der Waals surface area contributed by atoms with Gasteiger partial charge in [0, 0.05) is 13.6 Å². The van der Waals surface area contributed by atoms with Gasteiger partial charge >= 0.3 is 0 Å². The van der Waals surface area contributed by atoms with Crippen molar-refractivity contribution in [3.05, 3.63) is 41.2 Å². The summed E-state index contributed by atoms with van der Waals surface area (Å²) in [6.07, 6.45) is 0.637. The van der Waals surface area contributed by atoms with Gasteiger partial charge in [-0.2, -0.15) is 0 Å². The molecule has 2 amide bonds. The predicted molar refractivity (Wildman–Crippen MR) is 81.6 cm³/mol. The lowest BCUT2D eigenvalue weighted by molar-refractivity contribution is -0.126. The summed E-state index contributed by atoms with van der Waals surface area (Å²) < 4.78 is 5.62. The summed E-state index contributed by atoms with van der Waals surface area (Å²) in [6, 6.07) is 7.73. The first-order valence-corrected chi connectivity index (χ1v) is 7.15. The predicted octanol–water partition coefficient (Wildman–Crippen LogP) is 1.16. The van der Waals surface area contributed by atoms with Crippen molar-refractivity contribution in [2.75, 3.05) is 26.7 Å². The molecule has 6 heteroatoms. The molecule has 2 N–H and O–H groups in total. The molecule has 0 aromatic heterocycles. The van der Waals surface area contributed by atoms with Crippen molar-refractivity contribution in [2.24, 2.45) is 0 Å². The van der Waals surface area contributed by atoms with E-state index < -0.39 is 17.6 Å². The van der Waals surface area contributed by atoms with Gasteiger partial charge in [-0.15, -0.1) is 0 Å². The number of nitrogens with zero attached hydrogens (tertiary/aromatic N) is 1. The van der Waals surface area contributed by atoms with E-state index in [1.165, 1.54) is 11.9 Å². The SMILES string of the molecule is Cc1ccccc1OCCCNC(=O)C1=C(O)C(=O)N(C)C1. The lowest BCUT2D eigenvalue weighted by atomic mass is 10.2. The molecular formula is C16H20N2O4. The first-order valence-electron chi connectivity index (χ1n) is 7.15. The number of para-hydroxylation sites is 1. The molecule has 1 aromatic carbocycles. The number of amides is 2. The molecule has 0 saturated heterocycles. The number of ether oxygens (including phenoxy) is 1. The molecule has 1 aromatic rings. The molecule has 6 nitrogen and oxygen atoms in total. The summed E-state index contributed by atoms with van der Waals surface area (Å²) in [6.45, 7) is 3.00. The zero-order valence-corrected chi connectivity index (χ0v) is 12.8. The third kappa shape index (κ3) is 3.58. The number of aliphatic hydroxyl groups excluding tert-OH is 1. The lowest BCUT2D eigenvalue weighted by Crippen LogP contribution is -2.29. The molecule has 22 heavy (non-hydrogen) atoms. The summed E-state index contributed by atoms with van der Waals surface area (Å²) in [5.41, 5.74) is 1.18. The number of hydrogen-bond donors (Lipinski definition) is 2. The van der Waals surface area contributed by atoms with Crippen LogP contribution in [0.5, 0.6) is 5.75 Å². The van der Waals surface area contributed by atoms with E-state index in [1.807, 2.05) is 31.2 Å². The van der Waals surface area contributed by atoms with E-state index >= 15 is 0 Å². The fourth-order valence-electron chi connectivity index (χ4n) is 2.15. The third-order valence-corrected chi connectivity index (χ3v) is 3.46. The van der Waals surface area contributed by atoms with E-state index in [4.69, 9.17) is 4.74 Å². The Morgan fingerprint density at radius 1 is 1.41 bits per heavy atom. The van der Waals surface area contributed by atoms with E-state index in [0.29, 0.717) is 19.6 Å². The van der Waals surface area contributed by atoms with Crippen LogP contribution >= 0.6 is 0 Å². The van der Waals surface area contributed by atoms with E-state index in [-0.39, 0.29) is 12.1 Å². The summed E-state index contributed by atoms with van der Waals surface area (Å²) in [4.78, 5) is 24.6. The number of rotatable bonds is 6. The lowest BCUT2D eigenvalue weighted by Gasteiger charge is -2.10. The minimum atomic E-state index is -0.520. The van der Waals surface area contributed by atoms with Crippen molar-refractivity contribution in [1.29, 1.82) is 0 Å². The Balaban J connectivity index is 1.72. The van der Waals surface area contributed by atoms with Crippen LogP contribution in [-0.2, 0) is 9.59 Å². The summed E-state index contributed by atoms with van der Waals surface area (Å²) in [5.74, 6) is -0.563. The number of aryl methyl sites for hydroxylation is 1. The molecule has 118 valence electrons. The number of benzene rings is 1. The Hall–Kier alpha value is -2.50. The van der Waals surface area contributed by atoms with E-state index in [2.05, 4.69) is 5.32 Å². The highest BCUT2D eigenvalue weighted by atomic mass is 16.5. The van der Waals surface area contributed by atoms with E-state index in [9.17, 15) is 14.7 Å². The molecule has 1 aliphatic heterocycles. The topological polar surface area (TPSA) is 78.9 Å². The molecule has 0 unspecified atom stereocenters. The first kappa shape index (κ1) is 15.9. The molecule has 1 heterocycles. The smallest absolute Gasteiger partial charge is 0.289 e. The van der Waals surface area contributed by atoms with Gasteiger partial charge in [-0.05, 0) is 25.0 Å². The molecule has 0 saturated carbocycles. The summed E-state index contributed by atoms with van der Waals surface area (Å²) in [7, 11) is 1.54. The van der Waals surface area contributed by atoms with Crippen molar-refractivity contribution >= 4 is 11.8 Å². The van der Waals surface area contributed by atoms with Crippen LogP contribution in [0.3, 0.4) is 0 Å². The Labute approximate surface area is 129 Å². The number of hydrogen-bond acceptors (Lipinski definition) is 4. The number of carbonyl (C=O) groups excluding carboxylic acids is 2. The average Bonchev–Trinajstić information content (AvgIpc) is 2.76. The third-order valence-electron chi connectivity index (χ3n) is 3.46. The van der Waals surface area contributed by atoms with Crippen LogP contribution in [0.4, 0.5) is 0 Å². The highest BCUT2D eigenvalue weighted by Crippen LogP contribution is 2.16. The van der Waals surface area contributed by atoms with Gasteiger partial charge in [-0.1, -0.05) is 18.2 Å². The van der Waals surface area contributed by atoms with Gasteiger partial charge < -0.3 is 20.1 Å². The Morgan fingerprint density at radius 2 is 2.14 bits per heavy atom. The van der Waals surface area contributed by atoms with Gasteiger partial charge in [-0.3, -0.25) is 9.59 Å². The number of nitrogens with one attached hydrogen (secondary N) is 1. The molecule has 1 aliphatic rings. The minimum absolute atomic E-state index is 0.118. The average molecular weight is 304 g/mol. The molecule has 0 fully saturated rings. The second-order valence-corrected chi connectivity index (χ2v) is 5.21. The van der Waals surface area contributed by atoms with Gasteiger partial charge in [0.25, 0.3) is 11.8 Å². The van der Waals surface area contributed by atoms with Crippen LogP contribution in [-0.4, -0.2) is 48.6 Å². The van der Waals surface area contributed by atoms with Crippen molar-refractivity contribution < 1.29 is 19.4 Å². The first-order chi connectivity index (χ1) is 10.5. The van der Waals surface area contributed by atoms with Crippen LogP contribution in [0.15, 0.2) is 35.6 Å². The van der Waals surface area contributed by atoms with Gasteiger partial charge in [0.15, 0.2) is 5.76 Å². The largest absolute Gasteiger partial charge is 0.503 e. The fourth-order valence-corrected chi connectivity index (χ4v) is 2.15. The molecule has 0 bridgehead atoms. The standard InChI is InChI=1S/C16H20N2O4/c1-11-6-3-4-7-13(11)22-9-5-8-17-15(20)12-10-18(2)16(21)14(12)19/h3-4,6-7,19H,5,8-10H2,1-2H3,(H,17,20). The van der Waals surface area contributed by atoms with Crippen molar-refractivity contribution in [3.8, 4) is 5.75 Å². The Bertz CT molecular complexity index is 610. The van der Waals surface area contributed by atoms with Crippen molar-refractivity contribution in [1.82, 2.24) is 10.2 Å². The maximum Gasteiger partial charge on any atom is 0.289 e. The number of likely N-dealkylation sites (N-methyl/N-ethyl adjacent to an activating group) is 1. The fraction of sp³-hybridized carbons (Fsp3) is 0.375. The zero-order chi connectivity index (χ0) is 16.1. The second kappa shape index (κ2) is 6.98. The van der Waals surface area contributed by atoms with Crippen LogP contribution < -0.4 is 10.1 Å². The van der Waals surface area contributed by atoms with E-state index in [1.54, 1.807) is 0 Å². The van der Waals surface area contributed by atoms with Crippen LogP contribution in [0, 0.1) is 6.92 Å². The number of carbonyl (C=O) groups is 2. The molecule has 2 rings (SSSR count). The molecule has 0 aliphatic carbocycles. The maximum atomic E-state index is 11.9. The van der Waals surface area contributed by atoms with Crippen molar-refractivity contribution in [3.63, 3.8) is 0 Å². The van der Waals surface area contributed by atoms with Crippen LogP contribution in [0.25, 0.3) is 0 Å². The maximum absolute atomic E-state index is 11.9. The van der Waals surface area contributed by atoms with Crippen LogP contribution in [0.1, 0.15) is 12.0 Å². The quantitative estimate of drug-likeness (QED) is 0.773. The highest BCUT2D eigenvalue weighted by molar-refractivity contribution is 6.06. The molecule has 0 radical (unpaired) electrons. The minimum Gasteiger partial charge on any atom is -0.503 e. The zero-order valence-electron chi connectivity index (χ0n) is 12.8. The molecule has 0 spiro atoms. The second-order valence-electron chi connectivity index (χ2n) is 5.21. The van der Waals surface area contributed by atoms with Crippen molar-refractivity contribution in [2.45, 2.75) is 13.3 Å². The van der Waals surface area contributed by atoms with Gasteiger partial charge in [0.2, 0.25) is 0 Å². The normalized spacial score (nSPS) is 14.5. The van der Waals surface area contributed by atoms with Gasteiger partial charge in [-0.25, -0.2) is 0 Å². The Morgan fingerprint density at radius 3 is 2.77 bits per heavy atom. The Kier molecular flexibility index (Phi) is 5.04. The summed E-state index contributed by atoms with van der Waals surface area (Å²) >= 11 is 0. The van der Waals surface area contributed by atoms with E-state index in [0.717, 1.165) is 11.3 Å². The van der Waals surface area contributed by atoms with Gasteiger partial charge in [0.1, 0.15) is 5.75 Å². The van der Waals surface area contributed by atoms with Gasteiger partial charge in [0.05, 0.1) is 18.7 Å². The monoisotopic (exact) mass is 304 g/mol. The number of aliphatic hydroxyl groups is 1. The summed E-state index contributed by atoms with van der Waals surface area (Å²) in [5, 5.41) is 12.3. The molecular weight excluding hydrogens is 284 g/mol. The molecule has 0 atom stereocenters. The highest BCUT2D eigenvalue weighted by Gasteiger charge is 2.31.